The second-order valence-electron chi connectivity index (χ2n) is 29.2. The number of fused-ring (bicyclic) bond motifs is 5. The number of nitro groups is 1. The van der Waals surface area contributed by atoms with Crippen LogP contribution in [0, 0.1) is 49.1 Å². The maximum Gasteiger partial charge on any atom is 2.00 e. The van der Waals surface area contributed by atoms with Crippen LogP contribution >= 0.6 is 94.2 Å². The standard InChI is InChI=1S/C31H28ClF4N5.C22H21BrF4N4.C15H19BClNO2.C9H7BrClN.C6H3BrClNO2.C3H5.BrH.Mg/c1-4-18-7-6-8-19(5-2)28(18)41-29(21-9-10-23(32)27-26(21)17(3)14-37-27)22-16-40(12-11-25(22)39-41)30-24(33)13-20(15-38-30)31(34,35)36;1-3-13-6-5-7-14(4-2)19(13)31-20(23)16-12-30(9-8-18(16)29-31)21-17(24)10-15(11-28-21)22(25,26)27;1-9-8-18-13-11(17)7-6-10(12(9)13)16-19-14(2,3)15(4,5)20-16;1-5-4-12-9-7(11)3-2-6(10)8(5)9;7-4-1-2-5(8)6(3-4)9(10)11;1-3-2;;/h6-10,13-15,37H,4-5,11-12,16H2,1-3H3;5-7,10-11H,3-4,8-9,12H2,1-2H3;6-8,18H,1-5H3;2-4,12H,1H3;1-3H;1,3H,2H3;1H;/q;;;;;-1;;+2/p-1. The number of allylic oxidation sites excluding steroid dienone is 1. The molecule has 3 aliphatic heterocycles. The zero-order chi connectivity index (χ0) is 85.9. The molecular formula is C86H83BBr4Cl4F8MgN12O4. The topological polar surface area (TPSA) is 177 Å². The van der Waals surface area contributed by atoms with E-state index in [0.717, 1.165) is 140 Å². The van der Waals surface area contributed by atoms with E-state index < -0.39 is 40.0 Å². The molecule has 0 aliphatic carbocycles. The SMILES string of the molecule is CCc1cccc(CC)c1-n1nc2c(c1-c1ccc(Cl)c3[nH]cc(C)c13)CN(c1ncc(C(F)(F)F)cc1F)CC2.CCc1cccc(CC)c1-n1nc2c(c1Br)CN(c1ncc(C(F)(F)F)cc1F)CC2.Cc1c[nH]c2c(Cl)ccc(B3OC(C)(C)C(C)(C)O3)c12.Cc1c[nH]c2c(Cl)ccc(Br)c12.O=[N+]([O-])c1cc(Br)ccc1Cl.[Br-].[CH-]=CC.[Mg+2]. The Morgan fingerprint density at radius 1 is 0.592 bits per heavy atom. The van der Waals surface area contributed by atoms with Crippen LogP contribution in [0.15, 0.2) is 154 Å². The molecule has 1 saturated heterocycles. The molecule has 120 heavy (non-hydrogen) atoms. The van der Waals surface area contributed by atoms with Crippen molar-refractivity contribution in [1.82, 2.24) is 44.5 Å². The summed E-state index contributed by atoms with van der Waals surface area (Å²) in [6, 6.07) is 29.5. The molecule has 7 aromatic heterocycles. The van der Waals surface area contributed by atoms with E-state index in [1.807, 2.05) is 77.3 Å². The molecule has 0 radical (unpaired) electrons. The van der Waals surface area contributed by atoms with Crippen molar-refractivity contribution in [3.8, 4) is 22.6 Å². The van der Waals surface area contributed by atoms with Crippen molar-refractivity contribution < 1.29 is 66.3 Å². The number of para-hydroxylation sites is 2. The van der Waals surface area contributed by atoms with Crippen molar-refractivity contribution in [3.63, 3.8) is 0 Å². The second-order valence-corrected chi connectivity index (χ2v) is 33.3. The molecule has 628 valence electrons. The molecule has 0 atom stereocenters. The zero-order valence-electron chi connectivity index (χ0n) is 67.4. The average Bonchev–Trinajstić information content (AvgIpc) is 1.61. The minimum absolute atomic E-state index is 0. The van der Waals surface area contributed by atoms with E-state index in [1.54, 1.807) is 22.8 Å². The van der Waals surface area contributed by atoms with Gasteiger partial charge in [0.15, 0.2) is 23.3 Å². The number of hydrogen-bond donors (Lipinski definition) is 3. The molecule has 0 amide bonds. The molecular weight excluding hydrogens is 1910 g/mol. The van der Waals surface area contributed by atoms with Crippen LogP contribution in [0.4, 0.5) is 52.4 Å². The van der Waals surface area contributed by atoms with Gasteiger partial charge in [-0.1, -0.05) is 161 Å². The van der Waals surface area contributed by atoms with E-state index in [0.29, 0.717) is 71.5 Å². The third-order valence-electron chi connectivity index (χ3n) is 21.1. The van der Waals surface area contributed by atoms with Crippen LogP contribution in [-0.2, 0) is 73.3 Å². The molecule has 1 fully saturated rings. The van der Waals surface area contributed by atoms with Crippen LogP contribution in [-0.4, -0.2) is 104 Å². The van der Waals surface area contributed by atoms with Gasteiger partial charge < -0.3 is 57.6 Å². The number of H-pyrrole nitrogens is 3. The molecule has 13 aromatic rings. The largest absolute Gasteiger partial charge is 2.00 e. The molecule has 0 saturated carbocycles. The van der Waals surface area contributed by atoms with Gasteiger partial charge in [-0.05, 0) is 183 Å². The fourth-order valence-corrected chi connectivity index (χ4v) is 16.8. The number of rotatable bonds is 11. The molecule has 3 aliphatic rings. The Balaban J connectivity index is 0.000000182. The monoisotopic (exact) mass is 1990 g/mol. The van der Waals surface area contributed by atoms with E-state index >= 15 is 4.39 Å². The molecule has 0 bridgehead atoms. The number of aromatic nitrogens is 9. The minimum Gasteiger partial charge on any atom is -1.00 e. The number of benzene rings is 6. The first-order valence-electron chi connectivity index (χ1n) is 37.7. The van der Waals surface area contributed by atoms with E-state index in [-0.39, 0.29) is 87.2 Å². The van der Waals surface area contributed by atoms with Gasteiger partial charge >= 0.3 is 42.5 Å². The van der Waals surface area contributed by atoms with Gasteiger partial charge in [-0.15, -0.1) is 0 Å². The van der Waals surface area contributed by atoms with E-state index in [4.69, 9.17) is 72.5 Å². The van der Waals surface area contributed by atoms with Crippen molar-refractivity contribution >= 4 is 180 Å². The number of pyridine rings is 2. The first-order chi connectivity index (χ1) is 55.8. The quantitative estimate of drug-likeness (QED) is 0.0371. The van der Waals surface area contributed by atoms with Crippen molar-refractivity contribution in [2.45, 2.75) is 158 Å². The Hall–Kier alpha value is -7.33. The summed E-state index contributed by atoms with van der Waals surface area (Å²) in [4.78, 5) is 30.4. The Kier molecular flexibility index (Phi) is 32.2. The van der Waals surface area contributed by atoms with Gasteiger partial charge in [0.2, 0.25) is 0 Å². The fraction of sp³-hybridized carbons (Fsp3) is 0.302. The summed E-state index contributed by atoms with van der Waals surface area (Å²) in [5.74, 6) is -2.17. The van der Waals surface area contributed by atoms with Crippen molar-refractivity contribution in [1.29, 1.82) is 0 Å². The molecule has 16 nitrogen and oxygen atoms in total. The van der Waals surface area contributed by atoms with Crippen molar-refractivity contribution in [2.24, 2.45) is 0 Å². The Morgan fingerprint density at radius 2 is 0.992 bits per heavy atom. The normalized spacial score (nSPS) is 13.9. The Morgan fingerprint density at radius 3 is 1.43 bits per heavy atom. The first-order valence-corrected chi connectivity index (χ1v) is 41.6. The Bertz CT molecular complexity index is 5860. The third-order valence-corrected chi connectivity index (χ3v) is 24.3. The van der Waals surface area contributed by atoms with Crippen LogP contribution in [0.25, 0.3) is 55.3 Å². The van der Waals surface area contributed by atoms with Gasteiger partial charge in [-0.3, -0.25) is 16.2 Å². The summed E-state index contributed by atoms with van der Waals surface area (Å²) in [6.07, 6.45) is 3.74. The third kappa shape index (κ3) is 20.5. The van der Waals surface area contributed by atoms with Gasteiger partial charge in [0.25, 0.3) is 5.69 Å². The van der Waals surface area contributed by atoms with Gasteiger partial charge in [0.1, 0.15) is 9.63 Å². The molecule has 10 heterocycles. The van der Waals surface area contributed by atoms with Crippen LogP contribution in [0.2, 0.25) is 20.1 Å². The van der Waals surface area contributed by atoms with E-state index in [9.17, 15) is 40.8 Å². The van der Waals surface area contributed by atoms with Crippen LogP contribution in [0.3, 0.4) is 0 Å². The first kappa shape index (κ1) is 96.5. The number of anilines is 2. The summed E-state index contributed by atoms with van der Waals surface area (Å²) >= 11 is 34.6. The number of nitrogens with one attached hydrogen (secondary N) is 3. The van der Waals surface area contributed by atoms with Crippen molar-refractivity contribution in [3.05, 3.63) is 275 Å². The zero-order valence-corrected chi connectivity index (χ0v) is 78.2. The van der Waals surface area contributed by atoms with E-state index in [2.05, 4.69) is 172 Å². The Labute approximate surface area is 762 Å². The molecule has 34 heteroatoms. The van der Waals surface area contributed by atoms with Crippen LogP contribution < -0.4 is 32.2 Å². The molecule has 0 spiro atoms. The second kappa shape index (κ2) is 40.1. The average molecular weight is 2000 g/mol. The van der Waals surface area contributed by atoms with Gasteiger partial charge in [-0.25, -0.2) is 28.1 Å². The number of hydrogen-bond acceptors (Lipinski definition) is 10. The maximum absolute atomic E-state index is 15.1. The summed E-state index contributed by atoms with van der Waals surface area (Å²) < 4.78 is 126. The number of aromatic amines is 3. The number of alkyl halides is 6. The van der Waals surface area contributed by atoms with Crippen LogP contribution in [0.5, 0.6) is 0 Å². The van der Waals surface area contributed by atoms with Gasteiger partial charge in [-0.2, -0.15) is 36.5 Å². The van der Waals surface area contributed by atoms with E-state index in [1.165, 1.54) is 40.3 Å². The molecule has 3 N–H and O–H groups in total. The number of nitrogens with zero attached hydrogens (tertiary/aromatic N) is 9. The number of halogens is 16. The van der Waals surface area contributed by atoms with Crippen LogP contribution in [0.1, 0.15) is 135 Å². The predicted octanol–water partition coefficient (Wildman–Crippen LogP) is 22.0. The maximum atomic E-state index is 15.1. The fourth-order valence-electron chi connectivity index (χ4n) is 14.4. The minimum atomic E-state index is -4.67. The predicted molar refractivity (Wildman–Crippen MR) is 473 cm³/mol. The number of nitro benzene ring substituents is 1. The molecule has 0 unspecified atom stereocenters. The molecule has 16 rings (SSSR count). The number of aryl methyl sites for hydroxylation is 7. The summed E-state index contributed by atoms with van der Waals surface area (Å²) in [5.41, 5.74) is 16.2. The van der Waals surface area contributed by atoms with Gasteiger partial charge in [0, 0.05) is 118 Å². The smallest absolute Gasteiger partial charge is 1.00 e. The summed E-state index contributed by atoms with van der Waals surface area (Å²) in [6.45, 7) is 30.6. The molecule has 6 aromatic carbocycles. The van der Waals surface area contributed by atoms with Gasteiger partial charge in [0.05, 0.1) is 87.3 Å². The van der Waals surface area contributed by atoms with Crippen molar-refractivity contribution in [2.75, 3.05) is 22.9 Å². The summed E-state index contributed by atoms with van der Waals surface area (Å²) in [5, 5.41) is 25.7. The summed E-state index contributed by atoms with van der Waals surface area (Å²) in [7, 11) is -0.366.